The third-order valence-corrected chi connectivity index (χ3v) is 5.36. The number of hydrogen-bond acceptors (Lipinski definition) is 5. The first-order valence-corrected chi connectivity index (χ1v) is 9.87. The molecule has 1 aromatic heterocycles. The normalized spacial score (nSPS) is 11.0. The van der Waals surface area contributed by atoms with Crippen molar-refractivity contribution in [1.82, 2.24) is 4.57 Å². The molecule has 0 unspecified atom stereocenters. The maximum atomic E-state index is 13.2. The summed E-state index contributed by atoms with van der Waals surface area (Å²) in [5, 5.41) is 21.3. The summed E-state index contributed by atoms with van der Waals surface area (Å²) in [6, 6.07) is 15.2. The third kappa shape index (κ3) is 3.69. The monoisotopic (exact) mass is 433 g/mol. The molecule has 0 aliphatic heterocycles. The van der Waals surface area contributed by atoms with Gasteiger partial charge in [-0.05, 0) is 50.2 Å². The lowest BCUT2D eigenvalue weighted by atomic mass is 10.0. The molecule has 0 atom stereocenters. The molecule has 0 fully saturated rings. The van der Waals surface area contributed by atoms with Crippen LogP contribution in [-0.2, 0) is 4.74 Å². The molecular weight excluding hydrogens is 413 g/mol. The highest BCUT2D eigenvalue weighted by Crippen LogP contribution is 2.35. The van der Waals surface area contributed by atoms with Gasteiger partial charge in [0.05, 0.1) is 0 Å². The Balaban J connectivity index is 1.55. The molecule has 0 saturated carbocycles. The van der Waals surface area contributed by atoms with Gasteiger partial charge in [-0.2, -0.15) is 0 Å². The van der Waals surface area contributed by atoms with Crippen LogP contribution in [0.1, 0.15) is 32.1 Å². The number of rotatable bonds is 5. The van der Waals surface area contributed by atoms with Crippen LogP contribution in [0.3, 0.4) is 0 Å². The number of ketones is 1. The van der Waals surface area contributed by atoms with Gasteiger partial charge < -0.3 is 19.5 Å². The van der Waals surface area contributed by atoms with Crippen molar-refractivity contribution >= 4 is 22.5 Å². The largest absolute Gasteiger partial charge is 0.507 e. The number of halogens is 1. The number of carbonyl (C=O) groups is 2. The number of benzene rings is 3. The fourth-order valence-corrected chi connectivity index (χ4v) is 3.82. The molecule has 0 spiro atoms. The van der Waals surface area contributed by atoms with E-state index in [9.17, 15) is 24.2 Å². The Morgan fingerprint density at radius 3 is 2.28 bits per heavy atom. The van der Waals surface area contributed by atoms with E-state index in [0.29, 0.717) is 27.7 Å². The molecule has 0 amide bonds. The molecule has 4 rings (SSSR count). The van der Waals surface area contributed by atoms with Crippen LogP contribution < -0.4 is 0 Å². The molecule has 32 heavy (non-hydrogen) atoms. The molecule has 3 aromatic carbocycles. The highest BCUT2D eigenvalue weighted by atomic mass is 19.1. The SMILES string of the molecule is Cc1cc(C(=O)COC(=O)c2cc(O)c3ccccc3c2O)c(C)n1-c1ccc(F)cc1. The van der Waals surface area contributed by atoms with E-state index >= 15 is 0 Å². The van der Waals surface area contributed by atoms with E-state index in [4.69, 9.17) is 4.74 Å². The number of carbonyl (C=O) groups excluding carboxylic acids is 2. The Morgan fingerprint density at radius 2 is 1.59 bits per heavy atom. The highest BCUT2D eigenvalue weighted by Gasteiger charge is 2.21. The summed E-state index contributed by atoms with van der Waals surface area (Å²) in [7, 11) is 0. The lowest BCUT2D eigenvalue weighted by Gasteiger charge is -2.11. The highest BCUT2D eigenvalue weighted by molar-refractivity contribution is 6.05. The number of Topliss-reactive ketones (excluding diaryl/α,β-unsaturated/α-hetero) is 1. The zero-order chi connectivity index (χ0) is 23.0. The van der Waals surface area contributed by atoms with E-state index in [1.807, 2.05) is 11.5 Å². The second-order valence-electron chi connectivity index (χ2n) is 7.43. The maximum Gasteiger partial charge on any atom is 0.342 e. The summed E-state index contributed by atoms with van der Waals surface area (Å²) in [6.45, 7) is 3.02. The molecular formula is C25H20FNO5. The summed E-state index contributed by atoms with van der Waals surface area (Å²) >= 11 is 0. The maximum absolute atomic E-state index is 13.2. The van der Waals surface area contributed by atoms with E-state index in [1.165, 1.54) is 12.1 Å². The minimum absolute atomic E-state index is 0.181. The third-order valence-electron chi connectivity index (χ3n) is 5.36. The number of aromatic nitrogens is 1. The molecule has 0 aliphatic rings. The van der Waals surface area contributed by atoms with Gasteiger partial charge in [0, 0.05) is 33.4 Å². The van der Waals surface area contributed by atoms with Crippen molar-refractivity contribution in [2.24, 2.45) is 0 Å². The Morgan fingerprint density at radius 1 is 0.938 bits per heavy atom. The molecule has 0 bridgehead atoms. The van der Waals surface area contributed by atoms with Gasteiger partial charge >= 0.3 is 5.97 Å². The Bertz CT molecular complexity index is 1360. The number of fused-ring (bicyclic) bond motifs is 1. The Labute approximate surface area is 183 Å². The molecule has 1 heterocycles. The zero-order valence-electron chi connectivity index (χ0n) is 17.4. The molecule has 6 nitrogen and oxygen atoms in total. The van der Waals surface area contributed by atoms with Crippen molar-refractivity contribution < 1.29 is 28.9 Å². The first kappa shape index (κ1) is 21.1. The van der Waals surface area contributed by atoms with Crippen molar-refractivity contribution in [3.63, 3.8) is 0 Å². The predicted molar refractivity (Wildman–Crippen MR) is 117 cm³/mol. The summed E-state index contributed by atoms with van der Waals surface area (Å²) in [5.74, 6) is -2.22. The fourth-order valence-electron chi connectivity index (χ4n) is 3.82. The van der Waals surface area contributed by atoms with Gasteiger partial charge in [0.15, 0.2) is 6.61 Å². The lowest BCUT2D eigenvalue weighted by molar-refractivity contribution is 0.0471. The first-order chi connectivity index (χ1) is 15.3. The average molecular weight is 433 g/mol. The topological polar surface area (TPSA) is 88.8 Å². The van der Waals surface area contributed by atoms with Crippen LogP contribution in [-0.4, -0.2) is 33.1 Å². The quantitative estimate of drug-likeness (QED) is 0.267. The van der Waals surface area contributed by atoms with Crippen molar-refractivity contribution in [1.29, 1.82) is 0 Å². The first-order valence-electron chi connectivity index (χ1n) is 9.87. The second-order valence-corrected chi connectivity index (χ2v) is 7.43. The molecule has 162 valence electrons. The van der Waals surface area contributed by atoms with Crippen molar-refractivity contribution in [2.45, 2.75) is 13.8 Å². The van der Waals surface area contributed by atoms with Gasteiger partial charge in [-0.3, -0.25) is 4.79 Å². The van der Waals surface area contributed by atoms with E-state index in [1.54, 1.807) is 49.4 Å². The van der Waals surface area contributed by atoms with Crippen LogP contribution in [0.2, 0.25) is 0 Å². The molecule has 4 aromatic rings. The fraction of sp³-hybridized carbons (Fsp3) is 0.120. The minimum Gasteiger partial charge on any atom is -0.507 e. The van der Waals surface area contributed by atoms with Gasteiger partial charge in [0.2, 0.25) is 5.78 Å². The van der Waals surface area contributed by atoms with Crippen LogP contribution in [0.15, 0.2) is 60.7 Å². The Kier molecular flexibility index (Phi) is 5.40. The van der Waals surface area contributed by atoms with E-state index in [-0.39, 0.29) is 22.9 Å². The average Bonchev–Trinajstić information content (AvgIpc) is 3.09. The van der Waals surface area contributed by atoms with Gasteiger partial charge in [0.25, 0.3) is 0 Å². The summed E-state index contributed by atoms with van der Waals surface area (Å²) in [4.78, 5) is 25.3. The summed E-state index contributed by atoms with van der Waals surface area (Å²) in [6.07, 6.45) is 0. The van der Waals surface area contributed by atoms with Crippen molar-refractivity contribution in [3.8, 4) is 17.2 Å². The molecule has 0 radical (unpaired) electrons. The van der Waals surface area contributed by atoms with Crippen molar-refractivity contribution in [3.05, 3.63) is 89.0 Å². The Hall–Kier alpha value is -4.13. The zero-order valence-corrected chi connectivity index (χ0v) is 17.4. The van der Waals surface area contributed by atoms with Crippen LogP contribution in [0.25, 0.3) is 16.5 Å². The van der Waals surface area contributed by atoms with Crippen LogP contribution in [0, 0.1) is 19.7 Å². The van der Waals surface area contributed by atoms with Gasteiger partial charge in [0.1, 0.15) is 22.9 Å². The van der Waals surface area contributed by atoms with Crippen LogP contribution in [0.4, 0.5) is 4.39 Å². The summed E-state index contributed by atoms with van der Waals surface area (Å²) in [5.41, 5.74) is 2.23. The minimum atomic E-state index is -0.927. The van der Waals surface area contributed by atoms with E-state index in [0.717, 1.165) is 11.8 Å². The smallest absolute Gasteiger partial charge is 0.342 e. The molecule has 0 saturated heterocycles. The number of phenolic OH excluding ortho intramolecular Hbond substituents is 2. The number of nitrogens with zero attached hydrogens (tertiary/aromatic N) is 1. The van der Waals surface area contributed by atoms with Crippen molar-refractivity contribution in [2.75, 3.05) is 6.61 Å². The number of aryl methyl sites for hydroxylation is 1. The predicted octanol–water partition coefficient (Wildman–Crippen LogP) is 4.84. The number of phenols is 2. The number of hydrogen-bond donors (Lipinski definition) is 2. The summed E-state index contributed by atoms with van der Waals surface area (Å²) < 4.78 is 20.2. The van der Waals surface area contributed by atoms with Crippen LogP contribution in [0.5, 0.6) is 11.5 Å². The second kappa shape index (κ2) is 8.19. The standard InChI is InChI=1S/C25H20FNO5/c1-14-11-20(15(2)27(14)17-9-7-16(26)8-10-17)23(29)13-32-25(31)21-12-22(28)18-5-3-4-6-19(18)24(21)30/h3-12,28,30H,13H2,1-2H3. The van der Waals surface area contributed by atoms with E-state index < -0.39 is 18.4 Å². The molecule has 2 N–H and O–H groups in total. The molecule has 7 heteroatoms. The van der Waals surface area contributed by atoms with Gasteiger partial charge in [-0.25, -0.2) is 9.18 Å². The van der Waals surface area contributed by atoms with E-state index in [2.05, 4.69) is 0 Å². The number of esters is 1. The number of aromatic hydroxyl groups is 2. The van der Waals surface area contributed by atoms with Gasteiger partial charge in [-0.1, -0.05) is 24.3 Å². The van der Waals surface area contributed by atoms with Crippen LogP contribution >= 0.6 is 0 Å². The number of ether oxygens (including phenoxy) is 1. The van der Waals surface area contributed by atoms with Gasteiger partial charge in [-0.15, -0.1) is 0 Å². The molecule has 0 aliphatic carbocycles. The lowest BCUT2D eigenvalue weighted by Crippen LogP contribution is -2.15.